The molecule has 2 aromatic carbocycles. The number of methoxy groups -OCH3 is 1. The number of rotatable bonds is 3. The van der Waals surface area contributed by atoms with E-state index >= 15 is 0 Å². The van der Waals surface area contributed by atoms with Crippen molar-refractivity contribution >= 4 is 0 Å². The minimum Gasteiger partial charge on any atom is -0.496 e. The smallest absolute Gasteiger partial charge is 0.131 e. The van der Waals surface area contributed by atoms with E-state index in [4.69, 9.17) is 10.5 Å². The van der Waals surface area contributed by atoms with Gasteiger partial charge in [0.15, 0.2) is 0 Å². The van der Waals surface area contributed by atoms with E-state index in [-0.39, 0.29) is 5.82 Å². The molecule has 0 unspecified atom stereocenters. The molecule has 0 aliphatic rings. The monoisotopic (exact) mass is 259 g/mol. The number of halogens is 1. The second-order valence-corrected chi connectivity index (χ2v) is 4.66. The maximum Gasteiger partial charge on any atom is 0.131 e. The van der Waals surface area contributed by atoms with Crippen LogP contribution in [-0.2, 0) is 6.54 Å². The van der Waals surface area contributed by atoms with Gasteiger partial charge in [-0.05, 0) is 54.3 Å². The average molecular weight is 259 g/mol. The lowest BCUT2D eigenvalue weighted by atomic mass is 9.98. The fourth-order valence-electron chi connectivity index (χ4n) is 2.35. The largest absolute Gasteiger partial charge is 0.496 e. The van der Waals surface area contributed by atoms with Gasteiger partial charge in [0.25, 0.3) is 0 Å². The third-order valence-electron chi connectivity index (χ3n) is 3.24. The van der Waals surface area contributed by atoms with Crippen molar-refractivity contribution in [2.45, 2.75) is 20.4 Å². The van der Waals surface area contributed by atoms with Crippen LogP contribution in [0.15, 0.2) is 30.3 Å². The molecular weight excluding hydrogens is 241 g/mol. The summed E-state index contributed by atoms with van der Waals surface area (Å²) in [5.74, 6) is 0.606. The molecule has 100 valence electrons. The molecule has 3 heteroatoms. The van der Waals surface area contributed by atoms with E-state index in [9.17, 15) is 4.39 Å². The minimum atomic E-state index is -0.244. The summed E-state index contributed by atoms with van der Waals surface area (Å²) in [6.45, 7) is 4.26. The maximum atomic E-state index is 14.1. The molecule has 0 fully saturated rings. The minimum absolute atomic E-state index is 0.244. The van der Waals surface area contributed by atoms with Crippen molar-refractivity contribution in [3.05, 3.63) is 52.8 Å². The molecule has 0 saturated heterocycles. The molecule has 2 nitrogen and oxygen atoms in total. The van der Waals surface area contributed by atoms with Crippen LogP contribution in [0, 0.1) is 19.7 Å². The molecular formula is C16H18FNO. The van der Waals surface area contributed by atoms with Crippen molar-refractivity contribution in [3.8, 4) is 16.9 Å². The topological polar surface area (TPSA) is 35.2 Å². The zero-order chi connectivity index (χ0) is 14.0. The number of ether oxygens (including phenoxy) is 1. The molecule has 0 atom stereocenters. The van der Waals surface area contributed by atoms with Gasteiger partial charge in [0.05, 0.1) is 7.11 Å². The Bertz CT molecular complexity index is 585. The highest BCUT2D eigenvalue weighted by molar-refractivity contribution is 5.68. The van der Waals surface area contributed by atoms with E-state index in [1.807, 2.05) is 32.0 Å². The SMILES string of the molecule is COc1c(C)cc(-c2ccc(CN)cc2F)cc1C. The lowest BCUT2D eigenvalue weighted by molar-refractivity contribution is 0.408. The van der Waals surface area contributed by atoms with E-state index in [1.165, 1.54) is 6.07 Å². The number of nitrogens with two attached hydrogens (primary N) is 1. The average Bonchev–Trinajstić information content (AvgIpc) is 2.38. The van der Waals surface area contributed by atoms with Crippen molar-refractivity contribution < 1.29 is 9.13 Å². The van der Waals surface area contributed by atoms with Crippen LogP contribution in [0.1, 0.15) is 16.7 Å². The summed E-state index contributed by atoms with van der Waals surface area (Å²) in [7, 11) is 1.64. The second kappa shape index (κ2) is 5.41. The first-order valence-electron chi connectivity index (χ1n) is 6.21. The van der Waals surface area contributed by atoms with Crippen LogP contribution < -0.4 is 10.5 Å². The number of benzene rings is 2. The molecule has 0 spiro atoms. The van der Waals surface area contributed by atoms with Crippen LogP contribution in [0.5, 0.6) is 5.75 Å². The molecule has 0 radical (unpaired) electrons. The van der Waals surface area contributed by atoms with Gasteiger partial charge in [-0.15, -0.1) is 0 Å². The Hall–Kier alpha value is -1.87. The normalized spacial score (nSPS) is 10.6. The van der Waals surface area contributed by atoms with Crippen molar-refractivity contribution in [2.24, 2.45) is 5.73 Å². The first-order valence-corrected chi connectivity index (χ1v) is 6.21. The molecule has 0 heterocycles. The first-order chi connectivity index (χ1) is 9.06. The van der Waals surface area contributed by atoms with Gasteiger partial charge in [-0.1, -0.05) is 12.1 Å². The summed E-state index contributed by atoms with van der Waals surface area (Å²) in [4.78, 5) is 0. The predicted octanol–water partition coefficient (Wildman–Crippen LogP) is 3.58. The molecule has 2 aromatic rings. The number of hydrogen-bond donors (Lipinski definition) is 1. The van der Waals surface area contributed by atoms with Crippen LogP contribution in [0.3, 0.4) is 0 Å². The lowest BCUT2D eigenvalue weighted by Crippen LogP contribution is -1.98. The van der Waals surface area contributed by atoms with E-state index < -0.39 is 0 Å². The Balaban J connectivity index is 2.53. The van der Waals surface area contributed by atoms with E-state index in [0.29, 0.717) is 12.1 Å². The highest BCUT2D eigenvalue weighted by Gasteiger charge is 2.10. The van der Waals surface area contributed by atoms with Crippen molar-refractivity contribution in [3.63, 3.8) is 0 Å². The quantitative estimate of drug-likeness (QED) is 0.914. The molecule has 0 aliphatic carbocycles. The molecule has 2 rings (SSSR count). The Morgan fingerprint density at radius 1 is 1.11 bits per heavy atom. The Labute approximate surface area is 113 Å². The van der Waals surface area contributed by atoms with Crippen LogP contribution in [0.2, 0.25) is 0 Å². The van der Waals surface area contributed by atoms with Crippen molar-refractivity contribution in [1.29, 1.82) is 0 Å². The molecule has 19 heavy (non-hydrogen) atoms. The summed E-state index contributed by atoms with van der Waals surface area (Å²) in [6.07, 6.45) is 0. The van der Waals surface area contributed by atoms with Crippen LogP contribution in [0.4, 0.5) is 4.39 Å². The van der Waals surface area contributed by atoms with Crippen molar-refractivity contribution in [1.82, 2.24) is 0 Å². The summed E-state index contributed by atoms with van der Waals surface area (Å²) < 4.78 is 19.4. The Morgan fingerprint density at radius 2 is 1.74 bits per heavy atom. The molecule has 0 bridgehead atoms. The van der Waals surface area contributed by atoms with E-state index in [2.05, 4.69) is 0 Å². The van der Waals surface area contributed by atoms with Crippen LogP contribution in [-0.4, -0.2) is 7.11 Å². The molecule has 0 aromatic heterocycles. The zero-order valence-corrected chi connectivity index (χ0v) is 11.5. The highest BCUT2D eigenvalue weighted by Crippen LogP contribution is 2.31. The first kappa shape index (κ1) is 13.6. The summed E-state index contributed by atoms with van der Waals surface area (Å²) >= 11 is 0. The molecule has 2 N–H and O–H groups in total. The number of hydrogen-bond acceptors (Lipinski definition) is 2. The highest BCUT2D eigenvalue weighted by atomic mass is 19.1. The van der Waals surface area contributed by atoms with Crippen molar-refractivity contribution in [2.75, 3.05) is 7.11 Å². The standard InChI is InChI=1S/C16H18FNO/c1-10-6-13(7-11(2)16(10)19-3)14-5-4-12(9-18)8-15(14)17/h4-8H,9,18H2,1-3H3. The van der Waals surface area contributed by atoms with Gasteiger partial charge in [-0.25, -0.2) is 4.39 Å². The van der Waals surface area contributed by atoms with Gasteiger partial charge < -0.3 is 10.5 Å². The number of aryl methyl sites for hydroxylation is 2. The van der Waals surface area contributed by atoms with Gasteiger partial charge in [-0.2, -0.15) is 0 Å². The predicted molar refractivity (Wildman–Crippen MR) is 75.8 cm³/mol. The van der Waals surface area contributed by atoms with E-state index in [0.717, 1.165) is 28.0 Å². The molecule has 0 saturated carbocycles. The van der Waals surface area contributed by atoms with Gasteiger partial charge in [0.1, 0.15) is 11.6 Å². The summed E-state index contributed by atoms with van der Waals surface area (Å²) in [6, 6.07) is 8.99. The van der Waals surface area contributed by atoms with Gasteiger partial charge in [0, 0.05) is 12.1 Å². The molecule has 0 amide bonds. The Kier molecular flexibility index (Phi) is 3.86. The third-order valence-corrected chi connectivity index (χ3v) is 3.24. The Morgan fingerprint density at radius 3 is 2.21 bits per heavy atom. The zero-order valence-electron chi connectivity index (χ0n) is 11.5. The maximum absolute atomic E-state index is 14.1. The summed E-state index contributed by atoms with van der Waals surface area (Å²) in [5, 5.41) is 0. The van der Waals surface area contributed by atoms with Crippen LogP contribution >= 0.6 is 0 Å². The molecule has 0 aliphatic heterocycles. The fourth-order valence-corrected chi connectivity index (χ4v) is 2.35. The van der Waals surface area contributed by atoms with E-state index in [1.54, 1.807) is 13.2 Å². The van der Waals surface area contributed by atoms with Gasteiger partial charge in [-0.3, -0.25) is 0 Å². The van der Waals surface area contributed by atoms with Crippen LogP contribution in [0.25, 0.3) is 11.1 Å². The van der Waals surface area contributed by atoms with Gasteiger partial charge in [0.2, 0.25) is 0 Å². The lowest BCUT2D eigenvalue weighted by Gasteiger charge is -2.12. The fraction of sp³-hybridized carbons (Fsp3) is 0.250. The summed E-state index contributed by atoms with van der Waals surface area (Å²) in [5.41, 5.74) is 9.75. The third kappa shape index (κ3) is 2.61. The second-order valence-electron chi connectivity index (χ2n) is 4.66. The van der Waals surface area contributed by atoms with Gasteiger partial charge >= 0.3 is 0 Å².